The molecular weight excluding hydrogens is 245 g/mol. The van der Waals surface area contributed by atoms with Crippen LogP contribution in [-0.2, 0) is 4.79 Å². The van der Waals surface area contributed by atoms with Crippen molar-refractivity contribution in [3.05, 3.63) is 48.3 Å². The number of halogens is 1. The summed E-state index contributed by atoms with van der Waals surface area (Å²) in [5.41, 5.74) is 1.01. The Morgan fingerprint density at radius 2 is 2.21 bits per heavy atom. The zero-order valence-electron chi connectivity index (χ0n) is 11.1. The van der Waals surface area contributed by atoms with Crippen molar-refractivity contribution in [3.8, 4) is 0 Å². The van der Waals surface area contributed by atoms with Crippen LogP contribution in [0.25, 0.3) is 6.08 Å². The van der Waals surface area contributed by atoms with E-state index in [1.807, 2.05) is 18.7 Å². The number of nitrogens with zero attached hydrogens (tertiary/aromatic N) is 1. The molecule has 102 valence electrons. The minimum absolute atomic E-state index is 0.146. The molecule has 4 heteroatoms. The van der Waals surface area contributed by atoms with Crippen molar-refractivity contribution in [2.75, 3.05) is 11.4 Å². The number of carbonyl (C=O) groups is 1. The van der Waals surface area contributed by atoms with Gasteiger partial charge < -0.3 is 10.0 Å². The van der Waals surface area contributed by atoms with Crippen molar-refractivity contribution in [1.29, 1.82) is 0 Å². The Balaban J connectivity index is 3.04. The zero-order chi connectivity index (χ0) is 14.4. The highest BCUT2D eigenvalue weighted by molar-refractivity contribution is 5.85. The zero-order valence-corrected chi connectivity index (χ0v) is 11.1. The maximum atomic E-state index is 14.1. The number of carboxylic acids is 1. The van der Waals surface area contributed by atoms with Crippen LogP contribution in [0.3, 0.4) is 0 Å². The summed E-state index contributed by atoms with van der Waals surface area (Å²) in [4.78, 5) is 12.3. The monoisotopic (exact) mass is 263 g/mol. The first-order valence-corrected chi connectivity index (χ1v) is 6.03. The van der Waals surface area contributed by atoms with E-state index in [1.54, 1.807) is 18.2 Å². The maximum Gasteiger partial charge on any atom is 0.328 e. The third kappa shape index (κ3) is 4.25. The van der Waals surface area contributed by atoms with Crippen molar-refractivity contribution in [2.45, 2.75) is 19.9 Å². The van der Waals surface area contributed by atoms with E-state index in [0.717, 1.165) is 6.08 Å². The average molecular weight is 263 g/mol. The third-order valence-electron chi connectivity index (χ3n) is 2.65. The molecule has 3 nitrogen and oxygen atoms in total. The first kappa shape index (κ1) is 15.0. The molecular formula is C15H18FNO2. The first-order chi connectivity index (χ1) is 8.95. The smallest absolute Gasteiger partial charge is 0.328 e. The second kappa shape index (κ2) is 6.73. The lowest BCUT2D eigenvalue weighted by Crippen LogP contribution is -2.31. The van der Waals surface area contributed by atoms with Gasteiger partial charge in [0, 0.05) is 18.7 Å². The van der Waals surface area contributed by atoms with Gasteiger partial charge in [0.2, 0.25) is 0 Å². The van der Waals surface area contributed by atoms with Crippen LogP contribution in [0.15, 0.2) is 36.9 Å². The summed E-state index contributed by atoms with van der Waals surface area (Å²) in [5.74, 6) is -1.43. The fourth-order valence-electron chi connectivity index (χ4n) is 1.75. The highest BCUT2D eigenvalue weighted by atomic mass is 19.1. The Morgan fingerprint density at radius 1 is 1.53 bits per heavy atom. The molecule has 1 aromatic carbocycles. The molecule has 19 heavy (non-hydrogen) atoms. The van der Waals surface area contributed by atoms with E-state index in [0.29, 0.717) is 17.8 Å². The summed E-state index contributed by atoms with van der Waals surface area (Å²) in [7, 11) is 0. The number of carboxylic acid groups (broad SMARTS) is 1. The van der Waals surface area contributed by atoms with Crippen LogP contribution in [0.1, 0.15) is 19.4 Å². The van der Waals surface area contributed by atoms with Crippen molar-refractivity contribution in [3.63, 3.8) is 0 Å². The lowest BCUT2D eigenvalue weighted by molar-refractivity contribution is -0.131. The van der Waals surface area contributed by atoms with Gasteiger partial charge in [-0.1, -0.05) is 12.1 Å². The van der Waals surface area contributed by atoms with Crippen LogP contribution in [0.4, 0.5) is 10.1 Å². The second-order valence-corrected chi connectivity index (χ2v) is 4.42. The Bertz CT molecular complexity index is 495. The molecule has 0 atom stereocenters. The van der Waals surface area contributed by atoms with Crippen LogP contribution >= 0.6 is 0 Å². The van der Waals surface area contributed by atoms with Crippen molar-refractivity contribution in [2.24, 2.45) is 0 Å². The molecule has 0 aliphatic rings. The SMILES string of the molecule is C=CCN(c1ccc(/C=C/C(=O)O)cc1F)C(C)C. The normalized spacial score (nSPS) is 10.9. The predicted molar refractivity (Wildman–Crippen MR) is 75.7 cm³/mol. The molecule has 0 aliphatic carbocycles. The van der Waals surface area contributed by atoms with E-state index in [2.05, 4.69) is 6.58 Å². The van der Waals surface area contributed by atoms with Crippen LogP contribution in [-0.4, -0.2) is 23.7 Å². The Labute approximate surface area is 112 Å². The fourth-order valence-corrected chi connectivity index (χ4v) is 1.75. The molecule has 0 aromatic heterocycles. The summed E-state index contributed by atoms with van der Waals surface area (Å²) in [6, 6.07) is 4.82. The molecule has 0 bridgehead atoms. The van der Waals surface area contributed by atoms with E-state index < -0.39 is 5.97 Å². The lowest BCUT2D eigenvalue weighted by Gasteiger charge is -2.28. The predicted octanol–water partition coefficient (Wildman–Crippen LogP) is 3.32. The van der Waals surface area contributed by atoms with Crippen LogP contribution in [0.5, 0.6) is 0 Å². The van der Waals surface area contributed by atoms with Gasteiger partial charge >= 0.3 is 5.97 Å². The average Bonchev–Trinajstić information content (AvgIpc) is 2.34. The summed E-state index contributed by atoms with van der Waals surface area (Å²) in [5, 5.41) is 8.53. The summed E-state index contributed by atoms with van der Waals surface area (Å²) in [6.45, 7) is 8.17. The van der Waals surface area contributed by atoms with Gasteiger partial charge in [-0.3, -0.25) is 0 Å². The number of aliphatic carboxylic acids is 1. The first-order valence-electron chi connectivity index (χ1n) is 6.03. The minimum Gasteiger partial charge on any atom is -0.478 e. The van der Waals surface area contributed by atoms with Crippen molar-refractivity contribution >= 4 is 17.7 Å². The number of hydrogen-bond donors (Lipinski definition) is 1. The molecule has 0 fully saturated rings. The third-order valence-corrected chi connectivity index (χ3v) is 2.65. The number of hydrogen-bond acceptors (Lipinski definition) is 2. The van der Waals surface area contributed by atoms with E-state index >= 15 is 0 Å². The maximum absolute atomic E-state index is 14.1. The van der Waals surface area contributed by atoms with Gasteiger partial charge in [-0.15, -0.1) is 6.58 Å². The van der Waals surface area contributed by atoms with E-state index in [4.69, 9.17) is 5.11 Å². The Hall–Kier alpha value is -2.10. The van der Waals surface area contributed by atoms with Crippen LogP contribution < -0.4 is 4.90 Å². The van der Waals surface area contributed by atoms with Gasteiger partial charge in [-0.05, 0) is 37.6 Å². The van der Waals surface area contributed by atoms with Gasteiger partial charge in [-0.2, -0.15) is 0 Å². The van der Waals surface area contributed by atoms with Gasteiger partial charge in [0.1, 0.15) is 5.82 Å². The topological polar surface area (TPSA) is 40.5 Å². The molecule has 0 unspecified atom stereocenters. The van der Waals surface area contributed by atoms with Crippen molar-refractivity contribution in [1.82, 2.24) is 0 Å². The largest absolute Gasteiger partial charge is 0.478 e. The van der Waals surface area contributed by atoms with Crippen molar-refractivity contribution < 1.29 is 14.3 Å². The molecule has 0 heterocycles. The molecule has 1 rings (SSSR count). The quantitative estimate of drug-likeness (QED) is 0.632. The number of benzene rings is 1. The van der Waals surface area contributed by atoms with Crippen LogP contribution in [0, 0.1) is 5.82 Å². The fraction of sp³-hybridized carbons (Fsp3) is 0.267. The summed E-state index contributed by atoms with van der Waals surface area (Å²) in [6.07, 6.45) is 4.07. The van der Waals surface area contributed by atoms with E-state index in [1.165, 1.54) is 12.1 Å². The standard InChI is InChI=1S/C15H18FNO2/c1-4-9-17(11(2)3)14-7-5-12(10-13(14)16)6-8-15(18)19/h4-8,10-11H,1,9H2,2-3H3,(H,18,19)/b8-6+. The summed E-state index contributed by atoms with van der Waals surface area (Å²) < 4.78 is 14.1. The molecule has 0 spiro atoms. The highest BCUT2D eigenvalue weighted by Gasteiger charge is 2.13. The van der Waals surface area contributed by atoms with Crippen LogP contribution in [0.2, 0.25) is 0 Å². The van der Waals surface area contributed by atoms with E-state index in [-0.39, 0.29) is 11.9 Å². The lowest BCUT2D eigenvalue weighted by atomic mass is 10.1. The van der Waals surface area contributed by atoms with Gasteiger partial charge in [0.25, 0.3) is 0 Å². The molecule has 0 radical (unpaired) electrons. The Morgan fingerprint density at radius 3 is 2.68 bits per heavy atom. The Kier molecular flexibility index (Phi) is 5.30. The molecule has 1 N–H and O–H groups in total. The second-order valence-electron chi connectivity index (χ2n) is 4.42. The molecule has 1 aromatic rings. The van der Waals surface area contributed by atoms with Gasteiger partial charge in [-0.25, -0.2) is 9.18 Å². The summed E-state index contributed by atoms with van der Waals surface area (Å²) >= 11 is 0. The number of rotatable bonds is 6. The molecule has 0 aliphatic heterocycles. The highest BCUT2D eigenvalue weighted by Crippen LogP contribution is 2.23. The molecule has 0 saturated carbocycles. The molecule has 0 saturated heterocycles. The molecule has 0 amide bonds. The van der Waals surface area contributed by atoms with Gasteiger partial charge in [0.15, 0.2) is 0 Å². The van der Waals surface area contributed by atoms with Gasteiger partial charge in [0.05, 0.1) is 5.69 Å². The number of anilines is 1. The van der Waals surface area contributed by atoms with E-state index in [9.17, 15) is 9.18 Å². The minimum atomic E-state index is -1.06.